The monoisotopic (exact) mass is 444 g/mol. The third kappa shape index (κ3) is 5.97. The second-order valence-corrected chi connectivity index (χ2v) is 9.47. The summed E-state index contributed by atoms with van der Waals surface area (Å²) in [6.07, 6.45) is 3.86. The molecule has 0 saturated heterocycles. The number of carbonyl (C=O) groups is 1. The van der Waals surface area contributed by atoms with Crippen LogP contribution in [0.3, 0.4) is 0 Å². The average molecular weight is 445 g/mol. The fourth-order valence-corrected chi connectivity index (χ4v) is 4.45. The number of esters is 1. The zero-order valence-corrected chi connectivity index (χ0v) is 19.4. The minimum Gasteiger partial charge on any atom is -0.492 e. The molecule has 31 heavy (non-hydrogen) atoms. The van der Waals surface area contributed by atoms with Crippen molar-refractivity contribution >= 4 is 34.0 Å². The highest BCUT2D eigenvalue weighted by atomic mass is 32.1. The minimum absolute atomic E-state index is 0.0410. The summed E-state index contributed by atoms with van der Waals surface area (Å²) in [5.41, 5.74) is 2.54. The molecule has 0 spiro atoms. The highest BCUT2D eigenvalue weighted by Crippen LogP contribution is 2.36. The standard InChI is InChI=1S/C23H32N4O3S/c1-13(2)23(29)30-18-11-7-16(8-12-18)15-5-9-17(10-6-15)26-22-19(21(28)27-31-22)20(24)25-14(3)4/h5-6,9-10,13-14,16,18,26H,7-8,11-12H2,1-4H3,(H2,24,25)(H,27,28)/t16-,18-. The first-order valence-electron chi connectivity index (χ1n) is 10.9. The van der Waals surface area contributed by atoms with E-state index in [1.807, 2.05) is 39.8 Å². The van der Waals surface area contributed by atoms with E-state index in [2.05, 4.69) is 27.1 Å². The van der Waals surface area contributed by atoms with Gasteiger partial charge in [0.2, 0.25) is 5.88 Å². The Hall–Kier alpha value is -2.61. The third-order valence-electron chi connectivity index (χ3n) is 5.43. The molecule has 1 saturated carbocycles. The van der Waals surface area contributed by atoms with Gasteiger partial charge in [0.25, 0.3) is 0 Å². The molecule has 8 heteroatoms. The molecular formula is C23H32N4O3S. The Morgan fingerprint density at radius 2 is 1.81 bits per heavy atom. The van der Waals surface area contributed by atoms with Crippen LogP contribution in [0.2, 0.25) is 0 Å². The molecule has 3 rings (SSSR count). The number of nitrogens with zero attached hydrogens (tertiary/aromatic N) is 1. The summed E-state index contributed by atoms with van der Waals surface area (Å²) in [6.45, 7) is 7.62. The molecule has 0 atom stereocenters. The molecule has 0 bridgehead atoms. The zero-order valence-electron chi connectivity index (χ0n) is 18.6. The maximum Gasteiger partial charge on any atom is 0.308 e. The number of hydrogen-bond donors (Lipinski definition) is 4. The quantitative estimate of drug-likeness (QED) is 0.268. The molecule has 4 N–H and O–H groups in total. The van der Waals surface area contributed by atoms with Crippen LogP contribution in [0.25, 0.3) is 0 Å². The van der Waals surface area contributed by atoms with Gasteiger partial charge in [-0.15, -0.1) is 0 Å². The van der Waals surface area contributed by atoms with Gasteiger partial charge in [0.05, 0.1) is 5.92 Å². The summed E-state index contributed by atoms with van der Waals surface area (Å²) < 4.78 is 9.57. The summed E-state index contributed by atoms with van der Waals surface area (Å²) in [5, 5.41) is 25.2. The van der Waals surface area contributed by atoms with E-state index >= 15 is 0 Å². The molecule has 168 valence electrons. The molecule has 1 aliphatic carbocycles. The molecule has 0 radical (unpaired) electrons. The number of ether oxygens (including phenoxy) is 1. The first-order valence-corrected chi connectivity index (χ1v) is 11.6. The van der Waals surface area contributed by atoms with E-state index in [-0.39, 0.29) is 35.7 Å². The second-order valence-electron chi connectivity index (χ2n) is 8.70. The van der Waals surface area contributed by atoms with Crippen molar-refractivity contribution in [3.8, 4) is 5.88 Å². The molecule has 1 aromatic heterocycles. The van der Waals surface area contributed by atoms with Crippen molar-refractivity contribution in [3.63, 3.8) is 0 Å². The van der Waals surface area contributed by atoms with E-state index in [0.29, 0.717) is 16.5 Å². The Morgan fingerprint density at radius 3 is 2.39 bits per heavy atom. The number of hydrogen-bond acceptors (Lipinski definition) is 7. The fourth-order valence-electron chi connectivity index (χ4n) is 3.74. The number of benzene rings is 1. The van der Waals surface area contributed by atoms with Crippen LogP contribution in [0.4, 0.5) is 10.7 Å². The van der Waals surface area contributed by atoms with Gasteiger partial charge in [-0.05, 0) is 74.7 Å². The fraction of sp³-hybridized carbons (Fsp3) is 0.522. The highest BCUT2D eigenvalue weighted by molar-refractivity contribution is 7.11. The van der Waals surface area contributed by atoms with Crippen LogP contribution in [0.5, 0.6) is 5.88 Å². The number of carbonyl (C=O) groups excluding carboxylic acids is 1. The van der Waals surface area contributed by atoms with Gasteiger partial charge in [-0.3, -0.25) is 10.2 Å². The molecule has 1 heterocycles. The van der Waals surface area contributed by atoms with Crippen molar-refractivity contribution in [2.24, 2.45) is 5.92 Å². The van der Waals surface area contributed by atoms with Gasteiger partial charge in [-0.25, -0.2) is 0 Å². The normalized spacial score (nSPS) is 18.8. The minimum atomic E-state index is -0.141. The van der Waals surface area contributed by atoms with Gasteiger partial charge in [0.15, 0.2) is 0 Å². The Kier molecular flexibility index (Phi) is 7.54. The van der Waals surface area contributed by atoms with Crippen molar-refractivity contribution in [1.82, 2.24) is 9.69 Å². The summed E-state index contributed by atoms with van der Waals surface area (Å²) in [7, 11) is 0. The van der Waals surface area contributed by atoms with E-state index in [9.17, 15) is 9.90 Å². The van der Waals surface area contributed by atoms with Crippen molar-refractivity contribution in [2.45, 2.75) is 71.4 Å². The first-order chi connectivity index (χ1) is 14.7. The summed E-state index contributed by atoms with van der Waals surface area (Å²) >= 11 is 1.13. The molecule has 7 nitrogen and oxygen atoms in total. The van der Waals surface area contributed by atoms with E-state index in [0.717, 1.165) is 42.9 Å². The van der Waals surface area contributed by atoms with Gasteiger partial charge >= 0.3 is 5.97 Å². The molecule has 2 aromatic rings. The summed E-state index contributed by atoms with van der Waals surface area (Å²) in [5.74, 6) is 0.287. The van der Waals surface area contributed by atoms with Crippen LogP contribution in [0.15, 0.2) is 24.3 Å². The predicted molar refractivity (Wildman–Crippen MR) is 125 cm³/mol. The zero-order chi connectivity index (χ0) is 22.5. The molecule has 1 aliphatic rings. The smallest absolute Gasteiger partial charge is 0.308 e. The second kappa shape index (κ2) is 10.1. The lowest BCUT2D eigenvalue weighted by atomic mass is 9.82. The third-order valence-corrected chi connectivity index (χ3v) is 6.18. The number of amidine groups is 1. The topological polar surface area (TPSA) is 107 Å². The van der Waals surface area contributed by atoms with Crippen LogP contribution in [-0.2, 0) is 9.53 Å². The lowest BCUT2D eigenvalue weighted by Crippen LogP contribution is -2.30. The van der Waals surface area contributed by atoms with E-state index < -0.39 is 0 Å². The van der Waals surface area contributed by atoms with Crippen LogP contribution >= 0.6 is 11.5 Å². The molecule has 0 aliphatic heterocycles. The maximum absolute atomic E-state index is 11.8. The largest absolute Gasteiger partial charge is 0.492 e. The van der Waals surface area contributed by atoms with Gasteiger partial charge < -0.3 is 20.5 Å². The van der Waals surface area contributed by atoms with E-state index in [1.165, 1.54) is 5.56 Å². The number of aromatic nitrogens is 1. The lowest BCUT2D eigenvalue weighted by molar-refractivity contribution is -0.154. The Bertz CT molecular complexity index is 900. The predicted octanol–water partition coefficient (Wildman–Crippen LogP) is 5.14. The molecular weight excluding hydrogens is 412 g/mol. The highest BCUT2D eigenvalue weighted by Gasteiger charge is 2.26. The van der Waals surface area contributed by atoms with Crippen LogP contribution < -0.4 is 10.6 Å². The van der Waals surface area contributed by atoms with Crippen molar-refractivity contribution in [3.05, 3.63) is 35.4 Å². The first kappa shape index (κ1) is 23.1. The molecule has 0 amide bonds. The molecule has 1 aromatic carbocycles. The lowest BCUT2D eigenvalue weighted by Gasteiger charge is -2.29. The Morgan fingerprint density at radius 1 is 1.16 bits per heavy atom. The molecule has 0 unspecified atom stereocenters. The Balaban J connectivity index is 1.60. The van der Waals surface area contributed by atoms with Crippen LogP contribution in [0.1, 0.15) is 70.4 Å². The van der Waals surface area contributed by atoms with E-state index in [1.54, 1.807) is 0 Å². The number of rotatable bonds is 7. The Labute approximate surface area is 187 Å². The van der Waals surface area contributed by atoms with E-state index in [4.69, 9.17) is 10.1 Å². The maximum atomic E-state index is 11.8. The summed E-state index contributed by atoms with van der Waals surface area (Å²) in [4.78, 5) is 11.8. The van der Waals surface area contributed by atoms with Gasteiger partial charge in [0.1, 0.15) is 22.5 Å². The summed E-state index contributed by atoms with van der Waals surface area (Å²) in [6, 6.07) is 8.35. The molecule has 1 fully saturated rings. The van der Waals surface area contributed by atoms with Crippen molar-refractivity contribution in [2.75, 3.05) is 5.32 Å². The number of anilines is 2. The van der Waals surface area contributed by atoms with Gasteiger partial charge in [0, 0.05) is 11.7 Å². The number of aromatic hydroxyl groups is 1. The van der Waals surface area contributed by atoms with Crippen LogP contribution in [0, 0.1) is 11.3 Å². The van der Waals surface area contributed by atoms with Gasteiger partial charge in [-0.2, -0.15) is 4.37 Å². The average Bonchev–Trinajstić information content (AvgIpc) is 3.08. The SMILES string of the molecule is CC(C)NC(=N)c1c(O)nsc1Nc1ccc([C@H]2CC[C@H](OC(=O)C(C)C)CC2)cc1. The number of nitrogens with one attached hydrogen (secondary N) is 3. The van der Waals surface area contributed by atoms with Gasteiger partial charge in [-0.1, -0.05) is 26.0 Å². The van der Waals surface area contributed by atoms with Crippen molar-refractivity contribution < 1.29 is 14.6 Å². The van der Waals surface area contributed by atoms with Crippen LogP contribution in [-0.4, -0.2) is 33.4 Å². The van der Waals surface area contributed by atoms with Crippen molar-refractivity contribution in [1.29, 1.82) is 5.41 Å².